The number of carboxylic acids is 1. The number of carbonyl (C=O) groups excluding carboxylic acids is 1. The maximum Gasteiger partial charge on any atom is 0.317 e. The van der Waals surface area contributed by atoms with Crippen LogP contribution in [0, 0.1) is 0 Å². The van der Waals surface area contributed by atoms with Gasteiger partial charge in [0.05, 0.1) is 24.5 Å². The van der Waals surface area contributed by atoms with Crippen molar-refractivity contribution in [3.8, 4) is 0 Å². The fourth-order valence-electron chi connectivity index (χ4n) is 2.41. The minimum Gasteiger partial charge on any atom is -0.480 e. The predicted molar refractivity (Wildman–Crippen MR) is 88.3 cm³/mol. The summed E-state index contributed by atoms with van der Waals surface area (Å²) >= 11 is 1.71. The van der Waals surface area contributed by atoms with E-state index in [-0.39, 0.29) is 23.8 Å². The Kier molecular flexibility index (Phi) is 8.82. The number of unbranched alkanes of at least 4 members (excludes halogenated alkanes) is 1. The minimum atomic E-state index is -0.854. The molecule has 1 fully saturated rings. The topological polar surface area (TPSA) is 70.1 Å². The van der Waals surface area contributed by atoms with Crippen LogP contribution >= 0.6 is 11.8 Å². The first-order chi connectivity index (χ1) is 10.4. The van der Waals surface area contributed by atoms with Crippen molar-refractivity contribution < 1.29 is 19.4 Å². The summed E-state index contributed by atoms with van der Waals surface area (Å²) in [5.74, 6) is 0.320. The second-order valence-electron chi connectivity index (χ2n) is 5.73. The van der Waals surface area contributed by atoms with Crippen LogP contribution in [0.25, 0.3) is 0 Å². The number of amides is 1. The first-order valence-electron chi connectivity index (χ1n) is 7.86. The quantitative estimate of drug-likeness (QED) is 0.639. The fourth-order valence-corrected chi connectivity index (χ4v) is 3.51. The van der Waals surface area contributed by atoms with E-state index in [2.05, 4.69) is 6.92 Å². The molecule has 7 heteroatoms. The van der Waals surface area contributed by atoms with Crippen molar-refractivity contribution >= 4 is 23.6 Å². The Morgan fingerprint density at radius 1 is 1.50 bits per heavy atom. The normalized spacial score (nSPS) is 20.2. The highest BCUT2D eigenvalue weighted by Crippen LogP contribution is 2.17. The summed E-state index contributed by atoms with van der Waals surface area (Å²) in [6.07, 6.45) is 2.16. The highest BCUT2D eigenvalue weighted by atomic mass is 32.2. The van der Waals surface area contributed by atoms with Gasteiger partial charge < -0.3 is 14.7 Å². The Hall–Kier alpha value is -0.790. The number of hydrogen-bond acceptors (Lipinski definition) is 5. The van der Waals surface area contributed by atoms with Crippen LogP contribution < -0.4 is 0 Å². The fraction of sp³-hybridized carbons (Fsp3) is 0.867. The van der Waals surface area contributed by atoms with Crippen molar-refractivity contribution in [3.63, 3.8) is 0 Å². The third kappa shape index (κ3) is 6.98. The lowest BCUT2D eigenvalue weighted by Crippen LogP contribution is -2.51. The lowest BCUT2D eigenvalue weighted by atomic mass is 10.2. The molecule has 1 N–H and O–H groups in total. The van der Waals surface area contributed by atoms with Crippen molar-refractivity contribution in [2.45, 2.75) is 38.0 Å². The van der Waals surface area contributed by atoms with Crippen molar-refractivity contribution in [2.24, 2.45) is 0 Å². The van der Waals surface area contributed by atoms with Gasteiger partial charge in [-0.2, -0.15) is 0 Å². The molecule has 1 amide bonds. The average Bonchev–Trinajstić information content (AvgIpc) is 2.46. The third-order valence-electron chi connectivity index (χ3n) is 3.58. The molecule has 1 heterocycles. The molecular formula is C15H28N2O4S. The van der Waals surface area contributed by atoms with Gasteiger partial charge in [-0.3, -0.25) is 14.5 Å². The van der Waals surface area contributed by atoms with Crippen LogP contribution in [0.15, 0.2) is 0 Å². The van der Waals surface area contributed by atoms with E-state index in [9.17, 15) is 9.59 Å². The first-order valence-corrected chi connectivity index (χ1v) is 8.91. The highest BCUT2D eigenvalue weighted by molar-refractivity contribution is 8.00. The average molecular weight is 332 g/mol. The monoisotopic (exact) mass is 332 g/mol. The van der Waals surface area contributed by atoms with Crippen LogP contribution in [-0.4, -0.2) is 83.7 Å². The van der Waals surface area contributed by atoms with E-state index in [0.717, 1.165) is 18.6 Å². The molecule has 0 radical (unpaired) electrons. The summed E-state index contributed by atoms with van der Waals surface area (Å²) < 4.78 is 5.65. The molecular weight excluding hydrogens is 304 g/mol. The van der Waals surface area contributed by atoms with Gasteiger partial charge in [0.15, 0.2) is 0 Å². The van der Waals surface area contributed by atoms with Gasteiger partial charge >= 0.3 is 5.97 Å². The Morgan fingerprint density at radius 3 is 2.86 bits per heavy atom. The standard InChI is InChI=1S/C15H28N2O4S/c1-4-5-8-22-12(2)15(20)17-6-7-21-13(10-17)9-16(3)11-14(18)19/h12-13H,4-11H2,1-3H3,(H,18,19). The summed E-state index contributed by atoms with van der Waals surface area (Å²) in [4.78, 5) is 26.7. The van der Waals surface area contributed by atoms with Crippen molar-refractivity contribution in [2.75, 3.05) is 45.6 Å². The van der Waals surface area contributed by atoms with Gasteiger partial charge in [-0.1, -0.05) is 13.3 Å². The Labute approximate surface area is 137 Å². The number of likely N-dealkylation sites (N-methyl/N-ethyl adjacent to an activating group) is 1. The van der Waals surface area contributed by atoms with Crippen molar-refractivity contribution in [1.82, 2.24) is 9.80 Å². The van der Waals surface area contributed by atoms with E-state index in [1.54, 1.807) is 23.7 Å². The van der Waals surface area contributed by atoms with Crippen LogP contribution in [0.3, 0.4) is 0 Å². The Balaban J connectivity index is 2.41. The highest BCUT2D eigenvalue weighted by Gasteiger charge is 2.28. The smallest absolute Gasteiger partial charge is 0.317 e. The molecule has 6 nitrogen and oxygen atoms in total. The zero-order valence-electron chi connectivity index (χ0n) is 13.8. The number of rotatable bonds is 9. The minimum absolute atomic E-state index is 0.0168. The van der Waals surface area contributed by atoms with Gasteiger partial charge in [0, 0.05) is 19.6 Å². The van der Waals surface area contributed by atoms with Gasteiger partial charge in [0.25, 0.3) is 0 Å². The lowest BCUT2D eigenvalue weighted by molar-refractivity contribution is -0.141. The summed E-state index contributed by atoms with van der Waals surface area (Å²) in [6.45, 7) is 6.29. The molecule has 0 aromatic rings. The maximum absolute atomic E-state index is 12.4. The number of hydrogen-bond donors (Lipinski definition) is 1. The van der Waals surface area contributed by atoms with E-state index >= 15 is 0 Å². The van der Waals surface area contributed by atoms with Crippen LogP contribution in [0.4, 0.5) is 0 Å². The molecule has 1 rings (SSSR count). The van der Waals surface area contributed by atoms with Gasteiger partial charge in [0.2, 0.25) is 5.91 Å². The third-order valence-corrected chi connectivity index (χ3v) is 4.81. The van der Waals surface area contributed by atoms with E-state index in [1.165, 1.54) is 0 Å². The second kappa shape index (κ2) is 10.1. The number of morpholine rings is 1. The molecule has 1 aliphatic rings. The summed E-state index contributed by atoms with van der Waals surface area (Å²) in [7, 11) is 1.75. The summed E-state index contributed by atoms with van der Waals surface area (Å²) in [5, 5.41) is 8.75. The molecule has 0 bridgehead atoms. The predicted octanol–water partition coefficient (Wildman–Crippen LogP) is 1.15. The number of thioether (sulfide) groups is 1. The zero-order valence-corrected chi connectivity index (χ0v) is 14.6. The largest absolute Gasteiger partial charge is 0.480 e. The van der Waals surface area contributed by atoms with E-state index in [4.69, 9.17) is 9.84 Å². The van der Waals surface area contributed by atoms with Crippen molar-refractivity contribution in [3.05, 3.63) is 0 Å². The molecule has 0 aliphatic carbocycles. The van der Waals surface area contributed by atoms with Gasteiger partial charge in [-0.15, -0.1) is 11.8 Å². The number of aliphatic carboxylic acids is 1. The van der Waals surface area contributed by atoms with Crippen LogP contribution in [0.2, 0.25) is 0 Å². The van der Waals surface area contributed by atoms with E-state index in [1.807, 2.05) is 11.8 Å². The second-order valence-corrected chi connectivity index (χ2v) is 7.18. The first kappa shape index (κ1) is 19.3. The molecule has 128 valence electrons. The van der Waals surface area contributed by atoms with Gasteiger partial charge in [-0.25, -0.2) is 0 Å². The molecule has 22 heavy (non-hydrogen) atoms. The summed E-state index contributed by atoms with van der Waals surface area (Å²) in [6, 6.07) is 0. The van der Waals surface area contributed by atoms with Crippen LogP contribution in [-0.2, 0) is 14.3 Å². The van der Waals surface area contributed by atoms with Crippen LogP contribution in [0.5, 0.6) is 0 Å². The zero-order chi connectivity index (χ0) is 16.5. The SMILES string of the molecule is CCCCSC(C)C(=O)N1CCOC(CN(C)CC(=O)O)C1. The molecule has 0 spiro atoms. The molecule has 2 atom stereocenters. The Bertz CT molecular complexity index is 367. The molecule has 0 saturated carbocycles. The number of nitrogens with zero attached hydrogens (tertiary/aromatic N) is 2. The molecule has 2 unspecified atom stereocenters. The van der Waals surface area contributed by atoms with E-state index < -0.39 is 5.97 Å². The van der Waals surface area contributed by atoms with Crippen molar-refractivity contribution in [1.29, 1.82) is 0 Å². The number of carbonyl (C=O) groups is 2. The molecule has 0 aromatic carbocycles. The van der Waals surface area contributed by atoms with E-state index in [0.29, 0.717) is 26.2 Å². The van der Waals surface area contributed by atoms with Gasteiger partial charge in [0.1, 0.15) is 0 Å². The molecule has 1 aliphatic heterocycles. The summed E-state index contributed by atoms with van der Waals surface area (Å²) in [5.41, 5.74) is 0. The lowest BCUT2D eigenvalue weighted by Gasteiger charge is -2.35. The van der Waals surface area contributed by atoms with Crippen LogP contribution in [0.1, 0.15) is 26.7 Å². The number of ether oxygens (including phenoxy) is 1. The molecule has 1 saturated heterocycles. The van der Waals surface area contributed by atoms with Gasteiger partial charge in [-0.05, 0) is 26.1 Å². The maximum atomic E-state index is 12.4. The molecule has 0 aromatic heterocycles. The Morgan fingerprint density at radius 2 is 2.23 bits per heavy atom. The number of carboxylic acid groups (broad SMARTS) is 1.